The van der Waals surface area contributed by atoms with E-state index in [4.69, 9.17) is 28.5 Å². The summed E-state index contributed by atoms with van der Waals surface area (Å²) in [5.41, 5.74) is 0.910. The molecule has 1 aromatic carbocycles. The Balaban J connectivity index is 1.58. The van der Waals surface area contributed by atoms with Crippen molar-refractivity contribution < 1.29 is 37.7 Å². The average Bonchev–Trinajstić information content (AvgIpc) is 3.64. The maximum absolute atomic E-state index is 13.7. The molecule has 4 heterocycles. The Labute approximate surface area is 298 Å². The fourth-order valence-electron chi connectivity index (χ4n) is 5.53. The van der Waals surface area contributed by atoms with Crippen LogP contribution in [0.2, 0.25) is 0 Å². The minimum absolute atomic E-state index is 0.0200. The van der Waals surface area contributed by atoms with E-state index in [1.165, 1.54) is 0 Å². The highest BCUT2D eigenvalue weighted by Gasteiger charge is 2.37. The Bertz CT molecular complexity index is 1830. The van der Waals surface area contributed by atoms with E-state index < -0.39 is 29.0 Å². The number of piperidine rings is 1. The van der Waals surface area contributed by atoms with E-state index >= 15 is 0 Å². The number of para-hydroxylation sites is 2. The minimum atomic E-state index is -0.972. The van der Waals surface area contributed by atoms with Crippen LogP contribution < -0.4 is 4.90 Å². The molecule has 0 aliphatic carbocycles. The second kappa shape index (κ2) is 14.3. The van der Waals surface area contributed by atoms with E-state index in [9.17, 15) is 14.4 Å². The van der Waals surface area contributed by atoms with Crippen LogP contribution in [0.3, 0.4) is 0 Å². The van der Waals surface area contributed by atoms with Gasteiger partial charge < -0.3 is 28.3 Å². The highest BCUT2D eigenvalue weighted by molar-refractivity contribution is 6.11. The molecule has 3 aromatic heterocycles. The zero-order chi connectivity index (χ0) is 37.3. The number of rotatable bonds is 6. The van der Waals surface area contributed by atoms with Gasteiger partial charge in [0.05, 0.1) is 23.9 Å². The summed E-state index contributed by atoms with van der Waals surface area (Å²) >= 11 is 0. The number of carbonyl (C=O) groups is 3. The van der Waals surface area contributed by atoms with Gasteiger partial charge >= 0.3 is 18.3 Å². The van der Waals surface area contributed by atoms with Crippen LogP contribution >= 0.6 is 0 Å². The lowest BCUT2D eigenvalue weighted by molar-refractivity contribution is 0.0183. The van der Waals surface area contributed by atoms with Crippen molar-refractivity contribution in [3.05, 3.63) is 48.4 Å². The number of benzene rings is 1. The van der Waals surface area contributed by atoms with Crippen LogP contribution in [0.1, 0.15) is 86.9 Å². The predicted molar refractivity (Wildman–Crippen MR) is 190 cm³/mol. The summed E-state index contributed by atoms with van der Waals surface area (Å²) in [5, 5.41) is 4.89. The third kappa shape index (κ3) is 9.23. The molecular formula is C37H48N6O8. The summed E-state index contributed by atoms with van der Waals surface area (Å²) in [6.07, 6.45) is 2.56. The number of imide groups is 1. The highest BCUT2D eigenvalue weighted by Crippen LogP contribution is 2.37. The molecule has 0 bridgehead atoms. The van der Waals surface area contributed by atoms with Crippen LogP contribution in [-0.2, 0) is 25.6 Å². The van der Waals surface area contributed by atoms with Gasteiger partial charge in [0, 0.05) is 43.7 Å². The number of ether oxygens (including phenoxy) is 4. The summed E-state index contributed by atoms with van der Waals surface area (Å²) in [6.45, 7) is 17.0. The summed E-state index contributed by atoms with van der Waals surface area (Å²) < 4.78 is 30.5. The van der Waals surface area contributed by atoms with Gasteiger partial charge in [0.25, 0.3) is 0 Å². The molecule has 0 saturated carbocycles. The number of carbonyl (C=O) groups excluding carboxylic acids is 3. The van der Waals surface area contributed by atoms with Crippen molar-refractivity contribution in [1.29, 1.82) is 0 Å². The maximum Gasteiger partial charge on any atom is 0.425 e. The molecule has 0 spiro atoms. The number of fused-ring (bicyclic) bond motifs is 1. The van der Waals surface area contributed by atoms with Gasteiger partial charge in [-0.2, -0.15) is 10.00 Å². The lowest BCUT2D eigenvalue weighted by Crippen LogP contribution is -2.44. The van der Waals surface area contributed by atoms with Crippen LogP contribution in [0, 0.1) is 0 Å². The molecule has 3 amide bonds. The summed E-state index contributed by atoms with van der Waals surface area (Å²) in [6, 6.07) is 9.00. The Kier molecular flexibility index (Phi) is 10.5. The van der Waals surface area contributed by atoms with Crippen LogP contribution in [0.4, 0.5) is 20.2 Å². The first-order valence-corrected chi connectivity index (χ1v) is 17.0. The van der Waals surface area contributed by atoms with Gasteiger partial charge in [0.15, 0.2) is 11.4 Å². The number of pyridine rings is 1. The van der Waals surface area contributed by atoms with E-state index in [2.05, 4.69) is 9.97 Å². The molecule has 14 nitrogen and oxygen atoms in total. The number of hydrogen-bond donors (Lipinski definition) is 0. The molecule has 0 unspecified atom stereocenters. The number of likely N-dealkylation sites (tertiary alicyclic amines) is 1. The van der Waals surface area contributed by atoms with Crippen LogP contribution in [-0.4, -0.2) is 79.9 Å². The Morgan fingerprint density at radius 3 is 2.06 bits per heavy atom. The molecule has 4 aromatic rings. The van der Waals surface area contributed by atoms with Crippen LogP contribution in [0.15, 0.2) is 47.1 Å². The van der Waals surface area contributed by atoms with Crippen molar-refractivity contribution in [2.24, 2.45) is 0 Å². The predicted octanol–water partition coefficient (Wildman–Crippen LogP) is 8.15. The highest BCUT2D eigenvalue weighted by atomic mass is 16.6. The fourth-order valence-corrected chi connectivity index (χ4v) is 5.53. The number of anilines is 1. The van der Waals surface area contributed by atoms with Crippen molar-refractivity contribution in [2.75, 3.05) is 25.1 Å². The first-order valence-electron chi connectivity index (χ1n) is 17.0. The van der Waals surface area contributed by atoms with Crippen molar-refractivity contribution in [3.8, 4) is 22.6 Å². The second-order valence-electron chi connectivity index (χ2n) is 15.5. The van der Waals surface area contributed by atoms with Gasteiger partial charge in [-0.25, -0.2) is 24.4 Å². The monoisotopic (exact) mass is 704 g/mol. The topological polar surface area (TPSA) is 151 Å². The van der Waals surface area contributed by atoms with E-state index in [-0.39, 0.29) is 36.0 Å². The van der Waals surface area contributed by atoms with Crippen LogP contribution in [0.5, 0.6) is 0 Å². The lowest BCUT2D eigenvalue weighted by Gasteiger charge is -2.33. The van der Waals surface area contributed by atoms with Crippen LogP contribution in [0.25, 0.3) is 33.7 Å². The summed E-state index contributed by atoms with van der Waals surface area (Å²) in [7, 11) is 1.59. The van der Waals surface area contributed by atoms with Crippen molar-refractivity contribution in [1.82, 2.24) is 24.6 Å². The van der Waals surface area contributed by atoms with E-state index in [0.29, 0.717) is 48.3 Å². The van der Waals surface area contributed by atoms with E-state index in [1.54, 1.807) is 77.9 Å². The summed E-state index contributed by atoms with van der Waals surface area (Å²) in [4.78, 5) is 51.9. The molecule has 1 saturated heterocycles. The quantitative estimate of drug-likeness (QED) is 0.179. The average molecular weight is 705 g/mol. The van der Waals surface area contributed by atoms with Crippen molar-refractivity contribution in [2.45, 2.75) is 105 Å². The van der Waals surface area contributed by atoms with E-state index in [1.807, 2.05) is 43.8 Å². The Morgan fingerprint density at radius 1 is 0.882 bits per heavy atom. The molecule has 51 heavy (non-hydrogen) atoms. The smallest absolute Gasteiger partial charge is 0.425 e. The molecule has 1 fully saturated rings. The van der Waals surface area contributed by atoms with Gasteiger partial charge in [-0.15, -0.1) is 0 Å². The van der Waals surface area contributed by atoms with Crippen molar-refractivity contribution in [3.63, 3.8) is 0 Å². The zero-order valence-electron chi connectivity index (χ0n) is 31.1. The number of nitrogens with zero attached hydrogens (tertiary/aromatic N) is 6. The number of oxazole rings is 1. The molecular weight excluding hydrogens is 656 g/mol. The van der Waals surface area contributed by atoms with E-state index in [0.717, 1.165) is 10.5 Å². The van der Waals surface area contributed by atoms with Gasteiger partial charge in [-0.05, 0) is 93.4 Å². The Morgan fingerprint density at radius 2 is 1.49 bits per heavy atom. The lowest BCUT2D eigenvalue weighted by atomic mass is 10.0. The zero-order valence-corrected chi connectivity index (χ0v) is 31.1. The molecule has 274 valence electrons. The fraction of sp³-hybridized carbons (Fsp3) is 0.514. The number of methoxy groups -OCH3 is 1. The van der Waals surface area contributed by atoms with Gasteiger partial charge in [0.1, 0.15) is 22.3 Å². The largest absolute Gasteiger partial charge is 0.444 e. The summed E-state index contributed by atoms with van der Waals surface area (Å²) in [5.74, 6) is 0.0527. The van der Waals surface area contributed by atoms with Gasteiger partial charge in [0.2, 0.25) is 5.89 Å². The Hall–Kier alpha value is -4.98. The van der Waals surface area contributed by atoms with Gasteiger partial charge in [-0.1, -0.05) is 12.1 Å². The minimum Gasteiger partial charge on any atom is -0.444 e. The molecule has 5 rings (SSSR count). The molecule has 1 aliphatic rings. The number of aromatic nitrogens is 4. The normalized spacial score (nSPS) is 14.4. The first-order chi connectivity index (χ1) is 23.8. The SMILES string of the molecule is COCc1nn(C2CCN(C(=O)OC(C)(C)C)CC2)cc1-c1cnc(N(C(=O)OC(C)(C)C)C(=O)OC(C)(C)C)c(-c2nc3ccccc3o2)c1. The number of hydrogen-bond acceptors (Lipinski definition) is 11. The third-order valence-corrected chi connectivity index (χ3v) is 7.65. The molecule has 0 atom stereocenters. The number of amides is 3. The standard InChI is InChI=1S/C37H48N6O8/c1-35(2,3)49-32(44)41-17-15-24(16-18-41)42-21-26(28(40-42)22-47-10)23-19-25(31-39-27-13-11-12-14-29(27)48-31)30(38-20-23)43(33(45)50-36(4,5)6)34(46)51-37(7,8)9/h11-14,19-21,24H,15-18,22H2,1-10H3. The third-order valence-electron chi connectivity index (χ3n) is 7.65. The van der Waals surface area contributed by atoms with Gasteiger partial charge in [-0.3, -0.25) is 4.68 Å². The maximum atomic E-state index is 13.7. The first kappa shape index (κ1) is 37.3. The molecule has 0 radical (unpaired) electrons. The second-order valence-corrected chi connectivity index (χ2v) is 15.5. The molecule has 14 heteroatoms. The molecule has 1 aliphatic heterocycles. The van der Waals surface area contributed by atoms with Crippen molar-refractivity contribution >= 4 is 35.2 Å². The molecule has 0 N–H and O–H groups in total.